The Hall–Kier alpha value is -1.21. The Morgan fingerprint density at radius 3 is 1.43 bits per heavy atom. The van der Waals surface area contributed by atoms with Gasteiger partial charge in [0, 0.05) is 0 Å². The van der Waals surface area contributed by atoms with Gasteiger partial charge in [-0.2, -0.15) is 0 Å². The van der Waals surface area contributed by atoms with E-state index in [1.807, 2.05) is 0 Å². The van der Waals surface area contributed by atoms with Gasteiger partial charge in [0.2, 0.25) is 0 Å². The molecule has 1 heteroatoms. The van der Waals surface area contributed by atoms with E-state index in [4.69, 9.17) is 0 Å². The molecule has 0 saturated carbocycles. The molecule has 114 valence electrons. The van der Waals surface area contributed by atoms with Crippen molar-refractivity contribution in [3.8, 4) is 11.1 Å². The molecule has 0 radical (unpaired) electrons. The van der Waals surface area contributed by atoms with E-state index in [1.165, 1.54) is 43.8 Å². The van der Waals surface area contributed by atoms with Crippen LogP contribution in [0.25, 0.3) is 11.1 Å². The lowest BCUT2D eigenvalue weighted by atomic mass is 9.91. The molecule has 2 aromatic carbocycles. The number of benzene rings is 2. The van der Waals surface area contributed by atoms with Crippen molar-refractivity contribution in [2.45, 2.75) is 39.5 Å². The minimum absolute atomic E-state index is 0.670. The van der Waals surface area contributed by atoms with E-state index in [0.717, 1.165) is 0 Å². The molecule has 2 rings (SSSR count). The second-order valence-electron chi connectivity index (χ2n) is 7.00. The zero-order valence-corrected chi connectivity index (χ0v) is 15.5. The van der Waals surface area contributed by atoms with Gasteiger partial charge in [-0.15, -0.1) is 0 Å². The SMILES string of the molecule is Cc1cc(-c2c(C)cc(S(C)(C)C)cc2C)cc(C)c1C. The molecule has 0 bridgehead atoms. The van der Waals surface area contributed by atoms with E-state index >= 15 is 0 Å². The molecule has 0 nitrogen and oxygen atoms in total. The molecular weight excluding hydrogens is 272 g/mol. The molecule has 0 aliphatic heterocycles. The van der Waals surface area contributed by atoms with Gasteiger partial charge in [-0.05, 0) is 109 Å². The monoisotopic (exact) mass is 300 g/mol. The predicted octanol–water partition coefficient (Wildman–Crippen LogP) is 5.95. The van der Waals surface area contributed by atoms with Crippen molar-refractivity contribution in [3.05, 3.63) is 52.1 Å². The standard InChI is InChI=1S/C20H28S/c1-13-9-18(10-14(2)17(13)5)20-15(3)11-19(12-16(20)4)21(6,7)8/h9-12H,1-8H3. The van der Waals surface area contributed by atoms with E-state index < -0.39 is 10.0 Å². The van der Waals surface area contributed by atoms with Crippen LogP contribution in [0.2, 0.25) is 0 Å². The van der Waals surface area contributed by atoms with Gasteiger partial charge in [-0.3, -0.25) is 0 Å². The van der Waals surface area contributed by atoms with Crippen molar-refractivity contribution in [3.63, 3.8) is 0 Å². The summed E-state index contributed by atoms with van der Waals surface area (Å²) in [4.78, 5) is 1.50. The third-order valence-electron chi connectivity index (χ3n) is 4.43. The molecule has 0 atom stereocenters. The van der Waals surface area contributed by atoms with E-state index in [-0.39, 0.29) is 0 Å². The van der Waals surface area contributed by atoms with Gasteiger partial charge >= 0.3 is 0 Å². The van der Waals surface area contributed by atoms with Crippen LogP contribution < -0.4 is 0 Å². The summed E-state index contributed by atoms with van der Waals surface area (Å²) in [6, 6.07) is 9.45. The number of hydrogen-bond acceptors (Lipinski definition) is 0. The highest BCUT2D eigenvalue weighted by Gasteiger charge is 2.14. The zero-order chi connectivity index (χ0) is 15.9. The summed E-state index contributed by atoms with van der Waals surface area (Å²) in [5.74, 6) is 0. The zero-order valence-electron chi connectivity index (χ0n) is 14.7. The van der Waals surface area contributed by atoms with E-state index in [2.05, 4.69) is 77.7 Å². The molecule has 0 spiro atoms. The van der Waals surface area contributed by atoms with Gasteiger partial charge in [0.25, 0.3) is 0 Å². The first-order valence-electron chi connectivity index (χ1n) is 7.49. The summed E-state index contributed by atoms with van der Waals surface area (Å²) in [7, 11) is -0.670. The van der Waals surface area contributed by atoms with Crippen LogP contribution in [0.3, 0.4) is 0 Å². The Balaban J connectivity index is 2.66. The first kappa shape index (κ1) is 16.2. The average Bonchev–Trinajstić information content (AvgIpc) is 2.33. The minimum atomic E-state index is -0.670. The molecule has 21 heavy (non-hydrogen) atoms. The fourth-order valence-corrected chi connectivity index (χ4v) is 3.97. The van der Waals surface area contributed by atoms with Crippen LogP contribution in [0.1, 0.15) is 27.8 Å². The number of aryl methyl sites for hydroxylation is 4. The second-order valence-corrected chi connectivity index (χ2v) is 11.1. The lowest BCUT2D eigenvalue weighted by molar-refractivity contribution is 1.24. The Kier molecular flexibility index (Phi) is 4.26. The van der Waals surface area contributed by atoms with Gasteiger partial charge < -0.3 is 0 Å². The molecule has 0 unspecified atom stereocenters. The van der Waals surface area contributed by atoms with Crippen LogP contribution in [0.5, 0.6) is 0 Å². The third-order valence-corrected chi connectivity index (χ3v) is 6.08. The highest BCUT2D eigenvalue weighted by Crippen LogP contribution is 2.47. The second kappa shape index (κ2) is 5.53. The van der Waals surface area contributed by atoms with E-state index in [9.17, 15) is 0 Å². The first-order chi connectivity index (χ1) is 9.61. The fourth-order valence-electron chi connectivity index (χ4n) is 2.91. The minimum Gasteiger partial charge on any atom is -0.223 e. The molecule has 0 aromatic heterocycles. The summed E-state index contributed by atoms with van der Waals surface area (Å²) in [5, 5.41) is 0. The quantitative estimate of drug-likeness (QED) is 0.643. The molecule has 0 heterocycles. The maximum Gasteiger partial charge on any atom is -0.0101 e. The van der Waals surface area contributed by atoms with Gasteiger partial charge in [-0.1, -0.05) is 12.1 Å². The lowest BCUT2D eigenvalue weighted by Crippen LogP contribution is -1.98. The predicted molar refractivity (Wildman–Crippen MR) is 99.2 cm³/mol. The molecule has 0 amide bonds. The summed E-state index contributed by atoms with van der Waals surface area (Å²) in [6.45, 7) is 11.1. The Morgan fingerprint density at radius 1 is 0.619 bits per heavy atom. The van der Waals surface area contributed by atoms with Crippen molar-refractivity contribution in [1.29, 1.82) is 0 Å². The molecule has 0 saturated heterocycles. The first-order valence-corrected chi connectivity index (χ1v) is 10.3. The van der Waals surface area contributed by atoms with Gasteiger partial charge in [-0.25, -0.2) is 10.0 Å². The molecule has 2 aromatic rings. The Labute approximate surface area is 131 Å². The Bertz CT molecular complexity index is 641. The van der Waals surface area contributed by atoms with Crippen molar-refractivity contribution in [2.75, 3.05) is 18.8 Å². The number of rotatable bonds is 2. The van der Waals surface area contributed by atoms with E-state index in [1.54, 1.807) is 0 Å². The summed E-state index contributed by atoms with van der Waals surface area (Å²) < 4.78 is 0. The largest absolute Gasteiger partial charge is 0.223 e. The van der Waals surface area contributed by atoms with Gasteiger partial charge in [0.05, 0.1) is 0 Å². The maximum absolute atomic E-state index is 2.39. The third kappa shape index (κ3) is 3.18. The van der Waals surface area contributed by atoms with Crippen LogP contribution in [0.4, 0.5) is 0 Å². The highest BCUT2D eigenvalue weighted by atomic mass is 32.3. The number of hydrogen-bond donors (Lipinski definition) is 0. The smallest absolute Gasteiger partial charge is 0.0101 e. The van der Waals surface area contributed by atoms with Crippen LogP contribution in [-0.2, 0) is 0 Å². The van der Waals surface area contributed by atoms with Crippen molar-refractivity contribution < 1.29 is 0 Å². The van der Waals surface area contributed by atoms with Crippen LogP contribution >= 0.6 is 10.0 Å². The summed E-state index contributed by atoms with van der Waals surface area (Å²) in [5.41, 5.74) is 9.74. The van der Waals surface area contributed by atoms with Crippen LogP contribution in [0.15, 0.2) is 29.2 Å². The molecular formula is C20H28S. The van der Waals surface area contributed by atoms with Gasteiger partial charge in [0.1, 0.15) is 0 Å². The van der Waals surface area contributed by atoms with Crippen LogP contribution in [0, 0.1) is 34.6 Å². The van der Waals surface area contributed by atoms with Crippen LogP contribution in [-0.4, -0.2) is 18.8 Å². The molecule has 0 fully saturated rings. The van der Waals surface area contributed by atoms with Crippen molar-refractivity contribution >= 4 is 10.0 Å². The summed E-state index contributed by atoms with van der Waals surface area (Å²) >= 11 is 0. The lowest BCUT2D eigenvalue weighted by Gasteiger charge is -2.28. The summed E-state index contributed by atoms with van der Waals surface area (Å²) in [6.07, 6.45) is 7.09. The van der Waals surface area contributed by atoms with Gasteiger partial charge in [0.15, 0.2) is 0 Å². The molecule has 0 aliphatic carbocycles. The van der Waals surface area contributed by atoms with Crippen molar-refractivity contribution in [2.24, 2.45) is 0 Å². The van der Waals surface area contributed by atoms with E-state index in [0.29, 0.717) is 0 Å². The topological polar surface area (TPSA) is 0 Å². The molecule has 0 aliphatic rings. The Morgan fingerprint density at radius 2 is 1.05 bits per heavy atom. The van der Waals surface area contributed by atoms with Crippen molar-refractivity contribution in [1.82, 2.24) is 0 Å². The molecule has 0 N–H and O–H groups in total. The normalized spacial score (nSPS) is 12.6. The highest BCUT2D eigenvalue weighted by molar-refractivity contribution is 8.32. The fraction of sp³-hybridized carbons (Fsp3) is 0.400. The maximum atomic E-state index is 2.39. The average molecular weight is 301 g/mol.